The second-order valence-electron chi connectivity index (χ2n) is 4.69. The van der Waals surface area contributed by atoms with Crippen LogP contribution in [0, 0.1) is 11.6 Å². The molecule has 0 amide bonds. The lowest BCUT2D eigenvalue weighted by atomic mass is 9.98. The lowest BCUT2D eigenvalue weighted by Gasteiger charge is -2.20. The van der Waals surface area contributed by atoms with Crippen LogP contribution < -0.4 is 5.32 Å². The van der Waals surface area contributed by atoms with Crippen molar-refractivity contribution in [3.8, 4) is 0 Å². The minimum atomic E-state index is -0.414. The molecule has 0 saturated carbocycles. The molecular weight excluding hydrogens is 360 g/mol. The third-order valence-corrected chi connectivity index (χ3v) is 4.28. The molecule has 0 fully saturated rings. The molecule has 5 heteroatoms. The first-order chi connectivity index (χ1) is 10.0. The van der Waals surface area contributed by atoms with Crippen molar-refractivity contribution in [1.29, 1.82) is 0 Å². The standard InChI is InChI=1S/C16H15BrClF2N/c1-2-21-15(12-4-3-5-14(18)16(12)20)8-10-6-7-11(19)9-13(10)17/h3-7,9,15,21H,2,8H2,1H3. The molecule has 21 heavy (non-hydrogen) atoms. The van der Waals surface area contributed by atoms with E-state index in [4.69, 9.17) is 11.6 Å². The van der Waals surface area contributed by atoms with Gasteiger partial charge in [0.25, 0.3) is 0 Å². The van der Waals surface area contributed by atoms with E-state index in [1.165, 1.54) is 18.2 Å². The van der Waals surface area contributed by atoms with Crippen molar-refractivity contribution < 1.29 is 8.78 Å². The molecule has 1 nitrogen and oxygen atoms in total. The first-order valence-corrected chi connectivity index (χ1v) is 7.81. The summed E-state index contributed by atoms with van der Waals surface area (Å²) < 4.78 is 28.0. The monoisotopic (exact) mass is 373 g/mol. The summed E-state index contributed by atoms with van der Waals surface area (Å²) in [5.74, 6) is -0.720. The Morgan fingerprint density at radius 1 is 1.24 bits per heavy atom. The van der Waals surface area contributed by atoms with Crippen molar-refractivity contribution >= 4 is 27.5 Å². The molecule has 0 saturated heterocycles. The average Bonchev–Trinajstić information content (AvgIpc) is 2.44. The van der Waals surface area contributed by atoms with Crippen LogP contribution in [0.2, 0.25) is 5.02 Å². The Labute approximate surface area is 136 Å². The third kappa shape index (κ3) is 4.02. The van der Waals surface area contributed by atoms with Gasteiger partial charge >= 0.3 is 0 Å². The van der Waals surface area contributed by atoms with Gasteiger partial charge in [0.2, 0.25) is 0 Å². The van der Waals surface area contributed by atoms with Gasteiger partial charge < -0.3 is 5.32 Å². The summed E-state index contributed by atoms with van der Waals surface area (Å²) in [5, 5.41) is 3.35. The minimum Gasteiger partial charge on any atom is -0.310 e. The molecule has 0 aromatic heterocycles. The molecule has 0 radical (unpaired) electrons. The summed E-state index contributed by atoms with van der Waals surface area (Å²) in [6, 6.07) is 9.25. The van der Waals surface area contributed by atoms with Gasteiger partial charge in [-0.25, -0.2) is 8.78 Å². The van der Waals surface area contributed by atoms with E-state index in [9.17, 15) is 8.78 Å². The highest BCUT2D eigenvalue weighted by molar-refractivity contribution is 9.10. The molecule has 0 bridgehead atoms. The molecule has 0 spiro atoms. The quantitative estimate of drug-likeness (QED) is 0.751. The van der Waals surface area contributed by atoms with Crippen LogP contribution in [0.5, 0.6) is 0 Å². The van der Waals surface area contributed by atoms with Gasteiger partial charge in [-0.15, -0.1) is 0 Å². The van der Waals surface area contributed by atoms with Crippen LogP contribution in [0.15, 0.2) is 40.9 Å². The van der Waals surface area contributed by atoms with Gasteiger partial charge in [0.1, 0.15) is 11.6 Å². The number of rotatable bonds is 5. The van der Waals surface area contributed by atoms with E-state index in [2.05, 4.69) is 21.2 Å². The summed E-state index contributed by atoms with van der Waals surface area (Å²) in [6.07, 6.45) is 0.534. The molecule has 2 aromatic rings. The molecule has 0 aliphatic carbocycles. The summed E-state index contributed by atoms with van der Waals surface area (Å²) in [4.78, 5) is 0. The van der Waals surface area contributed by atoms with E-state index < -0.39 is 5.82 Å². The van der Waals surface area contributed by atoms with E-state index >= 15 is 0 Å². The predicted octanol–water partition coefficient (Wildman–Crippen LogP) is 5.27. The van der Waals surface area contributed by atoms with Crippen molar-refractivity contribution in [2.45, 2.75) is 19.4 Å². The fourth-order valence-electron chi connectivity index (χ4n) is 2.24. The van der Waals surface area contributed by atoms with Crippen LogP contribution in [0.1, 0.15) is 24.1 Å². The Balaban J connectivity index is 2.33. The number of halogens is 4. The summed E-state index contributed by atoms with van der Waals surface area (Å²) >= 11 is 9.20. The van der Waals surface area contributed by atoms with E-state index in [1.54, 1.807) is 18.2 Å². The number of hydrogen-bond acceptors (Lipinski definition) is 1. The summed E-state index contributed by atoms with van der Waals surface area (Å²) in [5.41, 5.74) is 1.42. The molecule has 1 atom stereocenters. The Bertz CT molecular complexity index is 634. The SMILES string of the molecule is CCNC(Cc1ccc(F)cc1Br)c1cccc(Cl)c1F. The molecule has 2 aromatic carbocycles. The minimum absolute atomic E-state index is 0.105. The lowest BCUT2D eigenvalue weighted by Crippen LogP contribution is -2.24. The zero-order chi connectivity index (χ0) is 15.4. The van der Waals surface area contributed by atoms with E-state index in [1.807, 2.05) is 6.92 Å². The zero-order valence-electron chi connectivity index (χ0n) is 11.5. The first-order valence-electron chi connectivity index (χ1n) is 6.64. The second-order valence-corrected chi connectivity index (χ2v) is 5.95. The van der Waals surface area contributed by atoms with Crippen molar-refractivity contribution in [2.24, 2.45) is 0 Å². The maximum atomic E-state index is 14.2. The number of likely N-dealkylation sites (N-methyl/N-ethyl adjacent to an activating group) is 1. The van der Waals surface area contributed by atoms with Crippen LogP contribution in [0.4, 0.5) is 8.78 Å². The fraction of sp³-hybridized carbons (Fsp3) is 0.250. The maximum absolute atomic E-state index is 14.2. The van der Waals surface area contributed by atoms with Gasteiger partial charge in [0.15, 0.2) is 0 Å². The fourth-order valence-corrected chi connectivity index (χ4v) is 2.93. The summed E-state index contributed by atoms with van der Waals surface area (Å²) in [7, 11) is 0. The van der Waals surface area contributed by atoms with Gasteiger partial charge in [-0.2, -0.15) is 0 Å². The highest BCUT2D eigenvalue weighted by Crippen LogP contribution is 2.28. The number of nitrogens with one attached hydrogen (secondary N) is 1. The Hall–Kier alpha value is -0.970. The van der Waals surface area contributed by atoms with Crippen molar-refractivity contribution in [1.82, 2.24) is 5.32 Å². The topological polar surface area (TPSA) is 12.0 Å². The van der Waals surface area contributed by atoms with Crippen LogP contribution in [-0.4, -0.2) is 6.54 Å². The summed E-state index contributed by atoms with van der Waals surface area (Å²) in [6.45, 7) is 2.64. The normalized spacial score (nSPS) is 12.4. The van der Waals surface area contributed by atoms with Gasteiger partial charge in [0.05, 0.1) is 5.02 Å². The largest absolute Gasteiger partial charge is 0.310 e. The van der Waals surface area contributed by atoms with E-state index in [0.717, 1.165) is 5.56 Å². The lowest BCUT2D eigenvalue weighted by molar-refractivity contribution is 0.509. The van der Waals surface area contributed by atoms with E-state index in [-0.39, 0.29) is 16.9 Å². The molecule has 0 aliphatic heterocycles. The Kier molecular flexibility index (Phi) is 5.73. The zero-order valence-corrected chi connectivity index (χ0v) is 13.8. The number of hydrogen-bond donors (Lipinski definition) is 1. The van der Waals surface area contributed by atoms with Crippen LogP contribution in [-0.2, 0) is 6.42 Å². The van der Waals surface area contributed by atoms with Gasteiger partial charge in [0, 0.05) is 16.1 Å². The molecule has 112 valence electrons. The third-order valence-electron chi connectivity index (χ3n) is 3.25. The second kappa shape index (κ2) is 7.34. The number of benzene rings is 2. The van der Waals surface area contributed by atoms with Crippen molar-refractivity contribution in [3.05, 3.63) is 68.7 Å². The first kappa shape index (κ1) is 16.4. The Morgan fingerprint density at radius 2 is 2.00 bits per heavy atom. The molecule has 1 unspecified atom stereocenters. The highest BCUT2D eigenvalue weighted by Gasteiger charge is 2.18. The maximum Gasteiger partial charge on any atom is 0.146 e. The predicted molar refractivity (Wildman–Crippen MR) is 85.6 cm³/mol. The van der Waals surface area contributed by atoms with Crippen LogP contribution in [0.25, 0.3) is 0 Å². The molecule has 1 N–H and O–H groups in total. The molecule has 2 rings (SSSR count). The molecule has 0 aliphatic rings. The van der Waals surface area contributed by atoms with Crippen molar-refractivity contribution in [3.63, 3.8) is 0 Å². The average molecular weight is 375 g/mol. The van der Waals surface area contributed by atoms with Crippen LogP contribution >= 0.6 is 27.5 Å². The molecular formula is C16H15BrClF2N. The molecule has 0 heterocycles. The van der Waals surface area contributed by atoms with Crippen molar-refractivity contribution in [2.75, 3.05) is 6.54 Å². The van der Waals surface area contributed by atoms with E-state index in [0.29, 0.717) is 23.0 Å². The highest BCUT2D eigenvalue weighted by atomic mass is 79.9. The van der Waals surface area contributed by atoms with Gasteiger partial charge in [-0.05, 0) is 36.7 Å². The smallest absolute Gasteiger partial charge is 0.146 e. The van der Waals surface area contributed by atoms with Gasteiger partial charge in [-0.3, -0.25) is 0 Å². The van der Waals surface area contributed by atoms with Gasteiger partial charge in [-0.1, -0.05) is 52.7 Å². The van der Waals surface area contributed by atoms with Crippen LogP contribution in [0.3, 0.4) is 0 Å². The Morgan fingerprint density at radius 3 is 2.67 bits per heavy atom.